The molecule has 0 saturated carbocycles. The van der Waals surface area contributed by atoms with Gasteiger partial charge in [-0.05, 0) is 25.0 Å². The van der Waals surface area contributed by atoms with Crippen molar-refractivity contribution in [3.63, 3.8) is 0 Å². The molecule has 0 spiro atoms. The van der Waals surface area contributed by atoms with E-state index in [4.69, 9.17) is 0 Å². The largest absolute Gasteiger partial charge is 0.254 e. The third-order valence-corrected chi connectivity index (χ3v) is 3.14. The molecule has 0 aliphatic carbocycles. The van der Waals surface area contributed by atoms with Crippen molar-refractivity contribution in [1.29, 1.82) is 0 Å². The molecule has 0 atom stereocenters. The molecule has 0 unspecified atom stereocenters. The lowest BCUT2D eigenvalue weighted by Gasteiger charge is -1.93. The maximum absolute atomic E-state index is 4.57. The third-order valence-electron chi connectivity index (χ3n) is 2.22. The van der Waals surface area contributed by atoms with Crippen LogP contribution in [0.25, 0.3) is 10.7 Å². The normalized spacial score (nSPS) is 10.5. The molecule has 0 radical (unpaired) electrons. The van der Waals surface area contributed by atoms with Crippen LogP contribution in [0.2, 0.25) is 0 Å². The second kappa shape index (κ2) is 5.03. The molecule has 0 amide bonds. The van der Waals surface area contributed by atoms with Crippen molar-refractivity contribution >= 4 is 11.3 Å². The minimum atomic E-state index is 0.977. The zero-order valence-corrected chi connectivity index (χ0v) is 9.63. The average Bonchev–Trinajstić information content (AvgIpc) is 2.76. The van der Waals surface area contributed by atoms with E-state index in [1.807, 2.05) is 24.4 Å². The maximum atomic E-state index is 4.57. The van der Waals surface area contributed by atoms with Gasteiger partial charge in [-0.25, -0.2) is 4.98 Å². The van der Waals surface area contributed by atoms with E-state index in [1.54, 1.807) is 11.3 Å². The number of hydrogen-bond donors (Lipinski definition) is 0. The standard InChI is InChI=1S/C12H14N2S/c1-2-3-6-10-9-15-12(14-10)11-7-4-5-8-13-11/h4-5,7-9H,2-3,6H2,1H3. The SMILES string of the molecule is CCCCc1csc(-c2ccccn2)n1. The van der Waals surface area contributed by atoms with Crippen molar-refractivity contribution in [3.8, 4) is 10.7 Å². The van der Waals surface area contributed by atoms with E-state index in [2.05, 4.69) is 22.3 Å². The molecule has 0 bridgehead atoms. The molecule has 2 heterocycles. The lowest BCUT2D eigenvalue weighted by atomic mass is 10.2. The quantitative estimate of drug-likeness (QED) is 0.784. The van der Waals surface area contributed by atoms with Gasteiger partial charge < -0.3 is 0 Å². The Kier molecular flexibility index (Phi) is 3.45. The summed E-state index contributed by atoms with van der Waals surface area (Å²) in [6, 6.07) is 5.92. The van der Waals surface area contributed by atoms with Crippen LogP contribution in [0.4, 0.5) is 0 Å². The predicted molar refractivity (Wildman–Crippen MR) is 64.0 cm³/mol. The average molecular weight is 218 g/mol. The second-order valence-electron chi connectivity index (χ2n) is 3.46. The summed E-state index contributed by atoms with van der Waals surface area (Å²) in [4.78, 5) is 8.86. The molecule has 78 valence electrons. The van der Waals surface area contributed by atoms with Crippen LogP contribution < -0.4 is 0 Å². The second-order valence-corrected chi connectivity index (χ2v) is 4.32. The summed E-state index contributed by atoms with van der Waals surface area (Å²) in [5, 5.41) is 3.17. The van der Waals surface area contributed by atoms with E-state index in [0.717, 1.165) is 17.1 Å². The van der Waals surface area contributed by atoms with Gasteiger partial charge in [0.15, 0.2) is 0 Å². The van der Waals surface area contributed by atoms with Gasteiger partial charge in [0.2, 0.25) is 0 Å². The van der Waals surface area contributed by atoms with Gasteiger partial charge >= 0.3 is 0 Å². The Morgan fingerprint density at radius 1 is 1.33 bits per heavy atom. The Hall–Kier alpha value is -1.22. The van der Waals surface area contributed by atoms with Crippen LogP contribution in [0.1, 0.15) is 25.5 Å². The topological polar surface area (TPSA) is 25.8 Å². The van der Waals surface area contributed by atoms with Crippen LogP contribution in [0.3, 0.4) is 0 Å². The highest BCUT2D eigenvalue weighted by molar-refractivity contribution is 7.13. The van der Waals surface area contributed by atoms with Crippen LogP contribution in [0.15, 0.2) is 29.8 Å². The van der Waals surface area contributed by atoms with Crippen molar-refractivity contribution < 1.29 is 0 Å². The first-order valence-corrected chi connectivity index (χ1v) is 6.14. The number of unbranched alkanes of at least 4 members (excludes halogenated alkanes) is 1. The van der Waals surface area contributed by atoms with Gasteiger partial charge in [0, 0.05) is 11.6 Å². The molecule has 0 saturated heterocycles. The van der Waals surface area contributed by atoms with Crippen LogP contribution in [0, 0.1) is 0 Å². The number of pyridine rings is 1. The van der Waals surface area contributed by atoms with Crippen LogP contribution in [-0.2, 0) is 6.42 Å². The molecule has 0 aliphatic heterocycles. The summed E-state index contributed by atoms with van der Waals surface area (Å²) in [7, 11) is 0. The van der Waals surface area contributed by atoms with Gasteiger partial charge in [0.1, 0.15) is 5.01 Å². The Labute approximate surface area is 94.0 Å². The Balaban J connectivity index is 2.14. The number of hydrogen-bond acceptors (Lipinski definition) is 3. The summed E-state index contributed by atoms with van der Waals surface area (Å²) in [5.74, 6) is 0. The third kappa shape index (κ3) is 2.63. The molecule has 2 aromatic rings. The highest BCUT2D eigenvalue weighted by Crippen LogP contribution is 2.21. The van der Waals surface area contributed by atoms with Gasteiger partial charge in [0.05, 0.1) is 11.4 Å². The van der Waals surface area contributed by atoms with Crippen molar-refractivity contribution in [2.24, 2.45) is 0 Å². The number of nitrogens with zero attached hydrogens (tertiary/aromatic N) is 2. The Morgan fingerprint density at radius 2 is 2.27 bits per heavy atom. The molecule has 0 N–H and O–H groups in total. The predicted octanol–water partition coefficient (Wildman–Crippen LogP) is 3.55. The molecule has 2 nitrogen and oxygen atoms in total. The minimum Gasteiger partial charge on any atom is -0.254 e. The molecule has 15 heavy (non-hydrogen) atoms. The smallest absolute Gasteiger partial charge is 0.142 e. The van der Waals surface area contributed by atoms with Crippen molar-refractivity contribution in [2.75, 3.05) is 0 Å². The number of thiazole rings is 1. The number of aromatic nitrogens is 2. The molecule has 0 aromatic carbocycles. The fourth-order valence-electron chi connectivity index (χ4n) is 1.39. The zero-order valence-electron chi connectivity index (χ0n) is 8.81. The van der Waals surface area contributed by atoms with Gasteiger partial charge in [-0.3, -0.25) is 4.98 Å². The first-order valence-electron chi connectivity index (χ1n) is 5.26. The van der Waals surface area contributed by atoms with Gasteiger partial charge in [0.25, 0.3) is 0 Å². The lowest BCUT2D eigenvalue weighted by Crippen LogP contribution is -1.85. The van der Waals surface area contributed by atoms with Crippen molar-refractivity contribution in [3.05, 3.63) is 35.5 Å². The summed E-state index contributed by atoms with van der Waals surface area (Å²) in [5.41, 5.74) is 2.17. The summed E-state index contributed by atoms with van der Waals surface area (Å²) >= 11 is 1.68. The van der Waals surface area contributed by atoms with E-state index < -0.39 is 0 Å². The number of rotatable bonds is 4. The summed E-state index contributed by atoms with van der Waals surface area (Å²) in [6.45, 7) is 2.20. The van der Waals surface area contributed by atoms with E-state index >= 15 is 0 Å². The fraction of sp³-hybridized carbons (Fsp3) is 0.333. The minimum absolute atomic E-state index is 0.977. The maximum Gasteiger partial charge on any atom is 0.142 e. The highest BCUT2D eigenvalue weighted by Gasteiger charge is 2.04. The van der Waals surface area contributed by atoms with Gasteiger partial charge in [-0.1, -0.05) is 19.4 Å². The van der Waals surface area contributed by atoms with Gasteiger partial charge in [-0.15, -0.1) is 11.3 Å². The zero-order chi connectivity index (χ0) is 10.5. The summed E-state index contributed by atoms with van der Waals surface area (Å²) in [6.07, 6.45) is 5.32. The molecular weight excluding hydrogens is 204 g/mol. The van der Waals surface area contributed by atoms with Crippen molar-refractivity contribution in [1.82, 2.24) is 9.97 Å². The van der Waals surface area contributed by atoms with E-state index in [0.29, 0.717) is 0 Å². The van der Waals surface area contributed by atoms with Crippen LogP contribution in [0.5, 0.6) is 0 Å². The highest BCUT2D eigenvalue weighted by atomic mass is 32.1. The van der Waals surface area contributed by atoms with E-state index in [1.165, 1.54) is 18.5 Å². The van der Waals surface area contributed by atoms with Gasteiger partial charge in [-0.2, -0.15) is 0 Å². The van der Waals surface area contributed by atoms with Crippen molar-refractivity contribution in [2.45, 2.75) is 26.2 Å². The lowest BCUT2D eigenvalue weighted by molar-refractivity contribution is 0.781. The van der Waals surface area contributed by atoms with E-state index in [9.17, 15) is 0 Å². The number of aryl methyl sites for hydroxylation is 1. The Bertz CT molecular complexity index is 409. The molecule has 3 heteroatoms. The summed E-state index contributed by atoms with van der Waals surface area (Å²) < 4.78 is 0. The molecule has 2 aromatic heterocycles. The van der Waals surface area contributed by atoms with Crippen LogP contribution >= 0.6 is 11.3 Å². The Morgan fingerprint density at radius 3 is 3.00 bits per heavy atom. The molecule has 0 fully saturated rings. The first-order chi connectivity index (χ1) is 7.40. The molecular formula is C12H14N2S. The van der Waals surface area contributed by atoms with E-state index in [-0.39, 0.29) is 0 Å². The monoisotopic (exact) mass is 218 g/mol. The van der Waals surface area contributed by atoms with Crippen LogP contribution in [-0.4, -0.2) is 9.97 Å². The molecule has 2 rings (SSSR count). The fourth-order valence-corrected chi connectivity index (χ4v) is 2.22. The molecule has 0 aliphatic rings. The first kappa shape index (κ1) is 10.3.